The van der Waals surface area contributed by atoms with Gasteiger partial charge in [0.05, 0.1) is 5.56 Å². The van der Waals surface area contributed by atoms with E-state index in [1.54, 1.807) is 36.9 Å². The van der Waals surface area contributed by atoms with E-state index in [4.69, 9.17) is 4.74 Å². The van der Waals surface area contributed by atoms with Crippen LogP contribution in [0, 0.1) is 0 Å². The van der Waals surface area contributed by atoms with E-state index in [1.165, 1.54) is 0 Å². The number of hydrogen-bond acceptors (Lipinski definition) is 4. The van der Waals surface area contributed by atoms with Gasteiger partial charge in [0.25, 0.3) is 5.91 Å². The molecule has 1 amide bonds. The number of benzene rings is 2. The molecule has 2 aromatic heterocycles. The highest BCUT2D eigenvalue weighted by Gasteiger charge is 2.20. The Labute approximate surface area is 175 Å². The summed E-state index contributed by atoms with van der Waals surface area (Å²) in [7, 11) is 0. The fourth-order valence-electron chi connectivity index (χ4n) is 3.15. The zero-order chi connectivity index (χ0) is 20.6. The molecule has 0 saturated heterocycles. The lowest BCUT2D eigenvalue weighted by molar-refractivity contribution is 0.0945. The summed E-state index contributed by atoms with van der Waals surface area (Å²) in [4.78, 5) is 21.3. The monoisotopic (exact) mass is 395 g/mol. The number of aromatic nitrogens is 2. The van der Waals surface area contributed by atoms with Crippen molar-refractivity contribution in [2.24, 2.45) is 0 Å². The molecule has 5 nitrogen and oxygen atoms in total. The summed E-state index contributed by atoms with van der Waals surface area (Å²) in [6, 6.07) is 24.7. The van der Waals surface area contributed by atoms with E-state index >= 15 is 0 Å². The Morgan fingerprint density at radius 1 is 0.800 bits per heavy atom. The molecule has 0 aliphatic carbocycles. The molecule has 0 atom stereocenters. The molecule has 4 aromatic rings. The number of ether oxygens (including phenoxy) is 1. The molecule has 2 aromatic carbocycles. The number of pyridine rings is 2. The molecular formula is C25H21N3O2. The zero-order valence-corrected chi connectivity index (χ0v) is 16.3. The van der Waals surface area contributed by atoms with E-state index < -0.39 is 6.10 Å². The van der Waals surface area contributed by atoms with Crippen LogP contribution in [0.1, 0.15) is 33.2 Å². The van der Waals surface area contributed by atoms with Crippen molar-refractivity contribution in [3.05, 3.63) is 126 Å². The first kappa shape index (κ1) is 19.3. The molecule has 0 unspecified atom stereocenters. The summed E-state index contributed by atoms with van der Waals surface area (Å²) in [5.74, 6) is 0.311. The third-order valence-corrected chi connectivity index (χ3v) is 4.65. The second-order valence-electron chi connectivity index (χ2n) is 6.74. The second-order valence-corrected chi connectivity index (χ2v) is 6.74. The lowest BCUT2D eigenvalue weighted by Crippen LogP contribution is -2.24. The van der Waals surface area contributed by atoms with Crippen molar-refractivity contribution in [1.82, 2.24) is 15.3 Å². The number of rotatable bonds is 7. The third kappa shape index (κ3) is 4.70. The minimum atomic E-state index is -0.435. The van der Waals surface area contributed by atoms with E-state index in [0.29, 0.717) is 17.9 Å². The normalized spacial score (nSPS) is 10.6. The van der Waals surface area contributed by atoms with E-state index in [1.807, 2.05) is 66.7 Å². The Morgan fingerprint density at radius 3 is 2.07 bits per heavy atom. The van der Waals surface area contributed by atoms with Crippen LogP contribution in [0.4, 0.5) is 0 Å². The van der Waals surface area contributed by atoms with Crippen LogP contribution in [0.5, 0.6) is 5.75 Å². The van der Waals surface area contributed by atoms with Gasteiger partial charge in [0.2, 0.25) is 0 Å². The van der Waals surface area contributed by atoms with Crippen LogP contribution < -0.4 is 10.1 Å². The number of para-hydroxylation sites is 1. The van der Waals surface area contributed by atoms with Crippen LogP contribution >= 0.6 is 0 Å². The van der Waals surface area contributed by atoms with E-state index in [9.17, 15) is 4.79 Å². The van der Waals surface area contributed by atoms with Gasteiger partial charge in [0.1, 0.15) is 5.75 Å². The number of nitrogens with one attached hydrogen (secondary N) is 1. The van der Waals surface area contributed by atoms with Crippen LogP contribution in [-0.2, 0) is 6.54 Å². The standard InChI is InChI=1S/C25H21N3O2/c29-25(28-16-19-8-2-1-3-9-19)22-12-4-5-13-23(22)30-24(20-10-6-14-26-17-20)21-11-7-15-27-18-21/h1-15,17-18,24H,16H2,(H,28,29). The molecule has 1 N–H and O–H groups in total. The summed E-state index contributed by atoms with van der Waals surface area (Å²) < 4.78 is 6.35. The topological polar surface area (TPSA) is 64.1 Å². The van der Waals surface area contributed by atoms with Crippen molar-refractivity contribution in [1.29, 1.82) is 0 Å². The zero-order valence-electron chi connectivity index (χ0n) is 16.3. The molecular weight excluding hydrogens is 374 g/mol. The highest BCUT2D eigenvalue weighted by molar-refractivity contribution is 5.96. The predicted octanol–water partition coefficient (Wildman–Crippen LogP) is 4.58. The van der Waals surface area contributed by atoms with Crippen molar-refractivity contribution >= 4 is 5.91 Å². The molecule has 0 aliphatic heterocycles. The Kier molecular flexibility index (Phi) is 6.11. The highest BCUT2D eigenvalue weighted by atomic mass is 16.5. The van der Waals surface area contributed by atoms with Gasteiger partial charge in [-0.25, -0.2) is 0 Å². The van der Waals surface area contributed by atoms with Gasteiger partial charge < -0.3 is 10.1 Å². The average molecular weight is 395 g/mol. The fraction of sp³-hybridized carbons (Fsp3) is 0.0800. The van der Waals surface area contributed by atoms with Crippen LogP contribution in [0.15, 0.2) is 104 Å². The van der Waals surface area contributed by atoms with Gasteiger partial charge in [-0.05, 0) is 29.8 Å². The van der Waals surface area contributed by atoms with Crippen molar-refractivity contribution < 1.29 is 9.53 Å². The molecule has 0 radical (unpaired) electrons. The molecule has 0 fully saturated rings. The molecule has 5 heteroatoms. The molecule has 30 heavy (non-hydrogen) atoms. The van der Waals surface area contributed by atoms with Gasteiger partial charge in [-0.15, -0.1) is 0 Å². The van der Waals surface area contributed by atoms with Gasteiger partial charge >= 0.3 is 0 Å². The largest absolute Gasteiger partial charge is 0.480 e. The Bertz CT molecular complexity index is 1050. The summed E-state index contributed by atoms with van der Waals surface area (Å²) in [6.07, 6.45) is 6.52. The highest BCUT2D eigenvalue weighted by Crippen LogP contribution is 2.30. The maximum absolute atomic E-state index is 12.9. The average Bonchev–Trinajstić information content (AvgIpc) is 2.83. The Balaban J connectivity index is 1.59. The number of carbonyl (C=O) groups is 1. The number of carbonyl (C=O) groups excluding carboxylic acids is 1. The minimum Gasteiger partial charge on any atom is -0.480 e. The summed E-state index contributed by atoms with van der Waals surface area (Å²) in [5.41, 5.74) is 3.27. The van der Waals surface area contributed by atoms with Gasteiger partial charge in [-0.1, -0.05) is 54.6 Å². The molecule has 0 bridgehead atoms. The van der Waals surface area contributed by atoms with Gasteiger partial charge in [0, 0.05) is 42.5 Å². The van der Waals surface area contributed by atoms with Crippen LogP contribution in [-0.4, -0.2) is 15.9 Å². The summed E-state index contributed by atoms with van der Waals surface area (Å²) >= 11 is 0. The van der Waals surface area contributed by atoms with E-state index in [0.717, 1.165) is 16.7 Å². The van der Waals surface area contributed by atoms with Crippen LogP contribution in [0.25, 0.3) is 0 Å². The number of nitrogens with zero attached hydrogens (tertiary/aromatic N) is 2. The van der Waals surface area contributed by atoms with Crippen molar-refractivity contribution in [2.75, 3.05) is 0 Å². The maximum atomic E-state index is 12.9. The number of hydrogen-bond donors (Lipinski definition) is 1. The van der Waals surface area contributed by atoms with Gasteiger partial charge in [0.15, 0.2) is 6.10 Å². The molecule has 0 saturated carbocycles. The summed E-state index contributed by atoms with van der Waals surface area (Å²) in [6.45, 7) is 0.447. The van der Waals surface area contributed by atoms with E-state index in [-0.39, 0.29) is 5.91 Å². The van der Waals surface area contributed by atoms with Gasteiger partial charge in [-0.3, -0.25) is 14.8 Å². The fourth-order valence-corrected chi connectivity index (χ4v) is 3.15. The molecule has 0 aliphatic rings. The number of amides is 1. The lowest BCUT2D eigenvalue weighted by atomic mass is 10.0. The van der Waals surface area contributed by atoms with Crippen molar-refractivity contribution in [3.63, 3.8) is 0 Å². The van der Waals surface area contributed by atoms with Gasteiger partial charge in [-0.2, -0.15) is 0 Å². The predicted molar refractivity (Wildman–Crippen MR) is 115 cm³/mol. The Morgan fingerprint density at radius 2 is 1.43 bits per heavy atom. The quantitative estimate of drug-likeness (QED) is 0.498. The van der Waals surface area contributed by atoms with Crippen molar-refractivity contribution in [2.45, 2.75) is 12.6 Å². The van der Waals surface area contributed by atoms with E-state index in [2.05, 4.69) is 15.3 Å². The van der Waals surface area contributed by atoms with Crippen LogP contribution in [0.2, 0.25) is 0 Å². The molecule has 0 spiro atoms. The smallest absolute Gasteiger partial charge is 0.255 e. The SMILES string of the molecule is O=C(NCc1ccccc1)c1ccccc1OC(c1cccnc1)c1cccnc1. The molecule has 148 valence electrons. The lowest BCUT2D eigenvalue weighted by Gasteiger charge is -2.21. The molecule has 4 rings (SSSR count). The first-order valence-corrected chi connectivity index (χ1v) is 9.69. The Hall–Kier alpha value is -3.99. The maximum Gasteiger partial charge on any atom is 0.255 e. The third-order valence-electron chi connectivity index (χ3n) is 4.65. The van der Waals surface area contributed by atoms with Crippen LogP contribution in [0.3, 0.4) is 0 Å². The second kappa shape index (κ2) is 9.47. The van der Waals surface area contributed by atoms with Crippen molar-refractivity contribution in [3.8, 4) is 5.75 Å². The first-order chi connectivity index (χ1) is 14.8. The first-order valence-electron chi connectivity index (χ1n) is 9.69. The molecule has 2 heterocycles. The summed E-state index contributed by atoms with van der Waals surface area (Å²) in [5, 5.41) is 2.96. The minimum absolute atomic E-state index is 0.189.